The number of benzene rings is 2. The number of amides is 3. The van der Waals surface area contributed by atoms with Crippen LogP contribution in [-0.2, 0) is 0 Å². The average Bonchev–Trinajstić information content (AvgIpc) is 3.26. The van der Waals surface area contributed by atoms with E-state index in [0.717, 1.165) is 11.1 Å². The summed E-state index contributed by atoms with van der Waals surface area (Å²) in [5, 5.41) is 0. The summed E-state index contributed by atoms with van der Waals surface area (Å²) >= 11 is 0. The van der Waals surface area contributed by atoms with Crippen LogP contribution in [0.15, 0.2) is 48.5 Å². The number of carbonyl (C=O) groups is 2. The first-order chi connectivity index (χ1) is 13.9. The third-order valence-corrected chi connectivity index (χ3v) is 6.39. The van der Waals surface area contributed by atoms with Crippen LogP contribution in [0.4, 0.5) is 4.79 Å². The highest BCUT2D eigenvalue weighted by Gasteiger charge is 2.50. The summed E-state index contributed by atoms with van der Waals surface area (Å²) in [6.45, 7) is 6.21. The monoisotopic (exact) mass is 391 g/mol. The number of hydrogen-bond donors (Lipinski definition) is 0. The summed E-state index contributed by atoms with van der Waals surface area (Å²) in [6.07, 6.45) is 0. The Morgan fingerprint density at radius 1 is 0.931 bits per heavy atom. The molecule has 0 N–H and O–H groups in total. The van der Waals surface area contributed by atoms with Gasteiger partial charge in [-0.1, -0.05) is 42.0 Å². The molecule has 2 aromatic rings. The lowest BCUT2D eigenvalue weighted by Gasteiger charge is -2.32. The molecule has 2 heterocycles. The molecule has 5 heteroatoms. The zero-order valence-electron chi connectivity index (χ0n) is 17.6. The Morgan fingerprint density at radius 2 is 1.62 bits per heavy atom. The lowest BCUT2D eigenvalue weighted by molar-refractivity contribution is 0.0766. The molecule has 0 spiro atoms. The molecule has 0 unspecified atom stereocenters. The second kappa shape index (κ2) is 7.54. The standard InChI is InChI=1S/C24H29N3O2/c1-16-9-11-18(12-10-16)23(28)26-13-19-14-27(24(29)25(3)4)22(21(19)15-26)20-8-6-5-7-17(20)2/h5-12,19,21-22H,13-15H2,1-4H3/t19-,21-,22+/m1/s1. The van der Waals surface area contributed by atoms with Crippen molar-refractivity contribution in [1.29, 1.82) is 0 Å². The molecular weight excluding hydrogens is 362 g/mol. The highest BCUT2D eigenvalue weighted by molar-refractivity contribution is 5.94. The fraction of sp³-hybridized carbons (Fsp3) is 0.417. The molecule has 4 rings (SSSR count). The number of fused-ring (bicyclic) bond motifs is 1. The van der Waals surface area contributed by atoms with Crippen molar-refractivity contribution in [3.8, 4) is 0 Å². The maximum atomic E-state index is 13.1. The fourth-order valence-electron chi connectivity index (χ4n) is 4.86. The molecule has 2 fully saturated rings. The molecule has 29 heavy (non-hydrogen) atoms. The van der Waals surface area contributed by atoms with Crippen LogP contribution >= 0.6 is 0 Å². The van der Waals surface area contributed by atoms with E-state index in [1.807, 2.05) is 53.1 Å². The number of carbonyl (C=O) groups excluding carboxylic acids is 2. The number of hydrogen-bond acceptors (Lipinski definition) is 2. The van der Waals surface area contributed by atoms with Gasteiger partial charge in [0.05, 0.1) is 6.04 Å². The molecular formula is C24H29N3O2. The van der Waals surface area contributed by atoms with Gasteiger partial charge < -0.3 is 14.7 Å². The molecule has 2 saturated heterocycles. The summed E-state index contributed by atoms with van der Waals surface area (Å²) in [6, 6.07) is 16.1. The second-order valence-corrected chi connectivity index (χ2v) is 8.63. The largest absolute Gasteiger partial charge is 0.338 e. The Labute approximate surface area is 172 Å². The van der Waals surface area contributed by atoms with Crippen LogP contribution < -0.4 is 0 Å². The minimum absolute atomic E-state index is 0.00641. The first-order valence-electron chi connectivity index (χ1n) is 10.3. The zero-order chi connectivity index (χ0) is 20.7. The molecule has 2 aliphatic rings. The lowest BCUT2D eigenvalue weighted by Crippen LogP contribution is -2.42. The molecule has 152 valence electrons. The third-order valence-electron chi connectivity index (χ3n) is 6.39. The summed E-state index contributed by atoms with van der Waals surface area (Å²) in [5.74, 6) is 0.653. The molecule has 2 aromatic carbocycles. The number of urea groups is 1. The van der Waals surface area contributed by atoms with Gasteiger partial charge in [-0.05, 0) is 37.1 Å². The normalized spacial score (nSPS) is 23.2. The van der Waals surface area contributed by atoms with Gasteiger partial charge in [0.2, 0.25) is 0 Å². The van der Waals surface area contributed by atoms with Crippen molar-refractivity contribution in [3.63, 3.8) is 0 Å². The van der Waals surface area contributed by atoms with Crippen molar-refractivity contribution in [1.82, 2.24) is 14.7 Å². The Bertz CT molecular complexity index is 922. The van der Waals surface area contributed by atoms with E-state index in [4.69, 9.17) is 0 Å². The summed E-state index contributed by atoms with van der Waals surface area (Å²) in [4.78, 5) is 31.6. The predicted molar refractivity (Wildman–Crippen MR) is 114 cm³/mol. The van der Waals surface area contributed by atoms with Gasteiger partial charge in [-0.2, -0.15) is 0 Å². The highest BCUT2D eigenvalue weighted by atomic mass is 16.2. The smallest absolute Gasteiger partial charge is 0.320 e. The maximum absolute atomic E-state index is 13.1. The van der Waals surface area contributed by atoms with Crippen LogP contribution in [0, 0.1) is 25.7 Å². The highest BCUT2D eigenvalue weighted by Crippen LogP contribution is 2.46. The summed E-state index contributed by atoms with van der Waals surface area (Å²) in [5.41, 5.74) is 4.28. The molecule has 3 atom stereocenters. The Morgan fingerprint density at radius 3 is 2.28 bits per heavy atom. The molecule has 0 radical (unpaired) electrons. The minimum Gasteiger partial charge on any atom is -0.338 e. The van der Waals surface area contributed by atoms with E-state index >= 15 is 0 Å². The molecule has 5 nitrogen and oxygen atoms in total. The first kappa shape index (κ1) is 19.5. The number of aryl methyl sites for hydroxylation is 2. The van der Waals surface area contributed by atoms with Gasteiger partial charge >= 0.3 is 6.03 Å². The topological polar surface area (TPSA) is 43.9 Å². The van der Waals surface area contributed by atoms with Gasteiger partial charge in [-0.3, -0.25) is 4.79 Å². The van der Waals surface area contributed by atoms with E-state index in [2.05, 4.69) is 19.1 Å². The second-order valence-electron chi connectivity index (χ2n) is 8.63. The van der Waals surface area contributed by atoms with Crippen LogP contribution in [-0.4, -0.2) is 60.4 Å². The summed E-state index contributed by atoms with van der Waals surface area (Å²) < 4.78 is 0. The number of rotatable bonds is 2. The van der Waals surface area contributed by atoms with Crippen molar-refractivity contribution in [2.45, 2.75) is 19.9 Å². The average molecular weight is 392 g/mol. The first-order valence-corrected chi connectivity index (χ1v) is 10.3. The van der Waals surface area contributed by atoms with E-state index in [1.54, 1.807) is 19.0 Å². The van der Waals surface area contributed by atoms with Crippen LogP contribution in [0.25, 0.3) is 0 Å². The van der Waals surface area contributed by atoms with Gasteiger partial charge in [-0.25, -0.2) is 4.79 Å². The van der Waals surface area contributed by atoms with Crippen LogP contribution in [0.3, 0.4) is 0 Å². The van der Waals surface area contributed by atoms with Crippen molar-refractivity contribution in [2.24, 2.45) is 11.8 Å². The SMILES string of the molecule is Cc1ccc(C(=O)N2C[C@@H]3CN(C(=O)N(C)C)[C@@H](c4ccccc4C)[C@@H]3C2)cc1. The van der Waals surface area contributed by atoms with E-state index in [0.29, 0.717) is 25.6 Å². The van der Waals surface area contributed by atoms with E-state index in [9.17, 15) is 9.59 Å². The zero-order valence-corrected chi connectivity index (χ0v) is 17.6. The van der Waals surface area contributed by atoms with E-state index in [1.165, 1.54) is 11.1 Å². The Hall–Kier alpha value is -2.82. The van der Waals surface area contributed by atoms with Crippen molar-refractivity contribution in [2.75, 3.05) is 33.7 Å². The Kier molecular flexibility index (Phi) is 5.07. The van der Waals surface area contributed by atoms with Gasteiger partial charge in [0.15, 0.2) is 0 Å². The molecule has 3 amide bonds. The molecule has 2 aliphatic heterocycles. The van der Waals surface area contributed by atoms with Crippen molar-refractivity contribution < 1.29 is 9.59 Å². The fourth-order valence-corrected chi connectivity index (χ4v) is 4.86. The molecule has 0 saturated carbocycles. The lowest BCUT2D eigenvalue weighted by atomic mass is 9.88. The number of nitrogens with zero attached hydrogens (tertiary/aromatic N) is 3. The third kappa shape index (κ3) is 3.50. The molecule has 0 aromatic heterocycles. The van der Waals surface area contributed by atoms with Crippen molar-refractivity contribution in [3.05, 3.63) is 70.8 Å². The quantitative estimate of drug-likeness (QED) is 0.783. The van der Waals surface area contributed by atoms with Gasteiger partial charge in [-0.15, -0.1) is 0 Å². The summed E-state index contributed by atoms with van der Waals surface area (Å²) in [7, 11) is 3.61. The number of likely N-dealkylation sites (tertiary alicyclic amines) is 2. The van der Waals surface area contributed by atoms with E-state index in [-0.39, 0.29) is 23.9 Å². The minimum atomic E-state index is 0.00641. The van der Waals surface area contributed by atoms with Crippen LogP contribution in [0.2, 0.25) is 0 Å². The Balaban J connectivity index is 1.62. The van der Waals surface area contributed by atoms with Crippen molar-refractivity contribution >= 4 is 11.9 Å². The van der Waals surface area contributed by atoms with Gasteiger partial charge in [0.1, 0.15) is 0 Å². The molecule has 0 aliphatic carbocycles. The van der Waals surface area contributed by atoms with Crippen LogP contribution in [0.1, 0.15) is 33.1 Å². The van der Waals surface area contributed by atoms with Gasteiger partial charge in [0.25, 0.3) is 5.91 Å². The van der Waals surface area contributed by atoms with Gasteiger partial charge in [0, 0.05) is 51.1 Å². The van der Waals surface area contributed by atoms with Crippen LogP contribution in [0.5, 0.6) is 0 Å². The molecule has 0 bridgehead atoms. The predicted octanol–water partition coefficient (Wildman–Crippen LogP) is 3.73. The maximum Gasteiger partial charge on any atom is 0.320 e. The van der Waals surface area contributed by atoms with E-state index < -0.39 is 0 Å².